The van der Waals surface area contributed by atoms with Crippen LogP contribution in [-0.2, 0) is 6.42 Å². The topological polar surface area (TPSA) is 49.6 Å². The molecule has 0 aromatic carbocycles. The van der Waals surface area contributed by atoms with E-state index in [1.807, 2.05) is 6.07 Å². The van der Waals surface area contributed by atoms with Crippen molar-refractivity contribution in [3.63, 3.8) is 0 Å². The van der Waals surface area contributed by atoms with Crippen LogP contribution in [0.4, 0.5) is 0 Å². The number of rotatable bonds is 5. The van der Waals surface area contributed by atoms with Gasteiger partial charge < -0.3 is 0 Å². The van der Waals surface area contributed by atoms with Gasteiger partial charge in [-0.3, -0.25) is 0 Å². The van der Waals surface area contributed by atoms with E-state index in [2.05, 4.69) is 28.7 Å². The second-order valence-corrected chi connectivity index (χ2v) is 3.84. The highest BCUT2D eigenvalue weighted by molar-refractivity contribution is 5.29. The van der Waals surface area contributed by atoms with Crippen LogP contribution in [0.1, 0.15) is 50.4 Å². The summed E-state index contributed by atoms with van der Waals surface area (Å²) in [4.78, 5) is 8.12. The van der Waals surface area contributed by atoms with Crippen molar-refractivity contribution >= 4 is 0 Å². The van der Waals surface area contributed by atoms with E-state index in [-0.39, 0.29) is 6.42 Å². The number of unbranched alkanes of at least 4 members (excludes halogenated alkanes) is 4. The van der Waals surface area contributed by atoms with Crippen LogP contribution in [0.2, 0.25) is 0 Å². The Kier molecular flexibility index (Phi) is 6.44. The summed E-state index contributed by atoms with van der Waals surface area (Å²) in [5.41, 5.74) is 0.821. The molecule has 3 heteroatoms. The molecular weight excluding hydrogens is 210 g/mol. The molecule has 88 valence electrons. The third kappa shape index (κ3) is 5.68. The highest BCUT2D eigenvalue weighted by Gasteiger charge is 1.94. The van der Waals surface area contributed by atoms with Crippen molar-refractivity contribution in [3.8, 4) is 17.9 Å². The van der Waals surface area contributed by atoms with Crippen LogP contribution >= 0.6 is 0 Å². The van der Waals surface area contributed by atoms with Crippen molar-refractivity contribution in [3.05, 3.63) is 23.8 Å². The van der Waals surface area contributed by atoms with Gasteiger partial charge in [-0.15, -0.1) is 0 Å². The number of nitrogens with zero attached hydrogens (tertiary/aromatic N) is 3. The summed E-state index contributed by atoms with van der Waals surface area (Å²) in [5.74, 6) is 6.71. The van der Waals surface area contributed by atoms with Gasteiger partial charge in [-0.05, 0) is 6.42 Å². The Morgan fingerprint density at radius 3 is 2.59 bits per heavy atom. The van der Waals surface area contributed by atoms with Gasteiger partial charge >= 0.3 is 0 Å². The minimum atomic E-state index is 0.255. The Bertz CT molecular complexity index is 418. The van der Waals surface area contributed by atoms with Gasteiger partial charge in [-0.2, -0.15) is 5.26 Å². The molecule has 1 heterocycles. The SMILES string of the molecule is CCCCCCC#Cc1cnc(CC#N)nc1. The summed E-state index contributed by atoms with van der Waals surface area (Å²) in [6, 6.07) is 2.01. The fraction of sp³-hybridized carbons (Fsp3) is 0.500. The average Bonchev–Trinajstić information content (AvgIpc) is 2.36. The molecule has 1 aromatic rings. The highest BCUT2D eigenvalue weighted by atomic mass is 14.9. The molecule has 1 aromatic heterocycles. The number of hydrogen-bond acceptors (Lipinski definition) is 3. The first-order valence-electron chi connectivity index (χ1n) is 6.03. The van der Waals surface area contributed by atoms with E-state index in [1.165, 1.54) is 19.3 Å². The van der Waals surface area contributed by atoms with E-state index in [4.69, 9.17) is 5.26 Å². The maximum Gasteiger partial charge on any atom is 0.142 e. The number of nitriles is 1. The van der Waals surface area contributed by atoms with Gasteiger partial charge in [0, 0.05) is 18.8 Å². The van der Waals surface area contributed by atoms with Crippen LogP contribution in [-0.4, -0.2) is 9.97 Å². The van der Waals surface area contributed by atoms with Crippen LogP contribution in [0.3, 0.4) is 0 Å². The molecule has 0 aliphatic carbocycles. The highest BCUT2D eigenvalue weighted by Crippen LogP contribution is 2.01. The molecular formula is C14H17N3. The lowest BCUT2D eigenvalue weighted by atomic mass is 10.1. The van der Waals surface area contributed by atoms with E-state index < -0.39 is 0 Å². The maximum absolute atomic E-state index is 8.48. The zero-order chi connectivity index (χ0) is 12.3. The molecule has 0 fully saturated rings. The molecule has 0 spiro atoms. The van der Waals surface area contributed by atoms with E-state index >= 15 is 0 Å². The minimum absolute atomic E-state index is 0.255. The van der Waals surface area contributed by atoms with Crippen LogP contribution in [0, 0.1) is 23.2 Å². The third-order valence-electron chi connectivity index (χ3n) is 2.33. The number of aromatic nitrogens is 2. The Morgan fingerprint density at radius 2 is 1.94 bits per heavy atom. The molecule has 0 atom stereocenters. The van der Waals surface area contributed by atoms with Gasteiger partial charge in [0.2, 0.25) is 0 Å². The van der Waals surface area contributed by atoms with Crippen molar-refractivity contribution in [1.29, 1.82) is 5.26 Å². The summed E-state index contributed by atoms with van der Waals surface area (Å²) < 4.78 is 0. The van der Waals surface area contributed by atoms with Gasteiger partial charge in [0.15, 0.2) is 0 Å². The molecule has 3 nitrogen and oxygen atoms in total. The molecule has 0 saturated carbocycles. The van der Waals surface area contributed by atoms with Crippen molar-refractivity contribution in [2.75, 3.05) is 0 Å². The predicted molar refractivity (Wildman–Crippen MR) is 67.0 cm³/mol. The number of hydrogen-bond donors (Lipinski definition) is 0. The lowest BCUT2D eigenvalue weighted by Crippen LogP contribution is -1.92. The van der Waals surface area contributed by atoms with Gasteiger partial charge in [0.1, 0.15) is 5.82 Å². The van der Waals surface area contributed by atoms with Gasteiger partial charge in [-0.1, -0.05) is 38.0 Å². The van der Waals surface area contributed by atoms with Crippen molar-refractivity contribution in [2.24, 2.45) is 0 Å². The van der Waals surface area contributed by atoms with Crippen molar-refractivity contribution in [2.45, 2.75) is 45.4 Å². The Morgan fingerprint density at radius 1 is 1.18 bits per heavy atom. The Balaban J connectivity index is 2.36. The molecule has 17 heavy (non-hydrogen) atoms. The zero-order valence-electron chi connectivity index (χ0n) is 10.2. The summed E-state index contributed by atoms with van der Waals surface area (Å²) in [7, 11) is 0. The summed E-state index contributed by atoms with van der Waals surface area (Å²) >= 11 is 0. The van der Waals surface area contributed by atoms with Crippen LogP contribution in [0.25, 0.3) is 0 Å². The second kappa shape index (κ2) is 8.30. The second-order valence-electron chi connectivity index (χ2n) is 3.84. The molecule has 1 rings (SSSR count). The van der Waals surface area contributed by atoms with E-state index in [0.717, 1.165) is 18.4 Å². The van der Waals surface area contributed by atoms with Crippen LogP contribution in [0.15, 0.2) is 12.4 Å². The van der Waals surface area contributed by atoms with Crippen LogP contribution < -0.4 is 0 Å². The molecule has 0 N–H and O–H groups in total. The summed E-state index contributed by atoms with van der Waals surface area (Å²) in [6.45, 7) is 2.20. The summed E-state index contributed by atoms with van der Waals surface area (Å²) in [6.07, 6.45) is 9.49. The minimum Gasteiger partial charge on any atom is -0.239 e. The van der Waals surface area contributed by atoms with E-state index in [9.17, 15) is 0 Å². The van der Waals surface area contributed by atoms with Crippen molar-refractivity contribution < 1.29 is 0 Å². The molecule has 0 unspecified atom stereocenters. The lowest BCUT2D eigenvalue weighted by Gasteiger charge is -1.93. The maximum atomic E-state index is 8.48. The van der Waals surface area contributed by atoms with E-state index in [0.29, 0.717) is 5.82 Å². The Labute approximate surface area is 103 Å². The van der Waals surface area contributed by atoms with E-state index in [1.54, 1.807) is 12.4 Å². The smallest absolute Gasteiger partial charge is 0.142 e. The fourth-order valence-electron chi connectivity index (χ4n) is 1.39. The quantitative estimate of drug-likeness (QED) is 0.574. The Hall–Kier alpha value is -1.87. The molecule has 0 amide bonds. The first kappa shape index (κ1) is 13.2. The molecule has 0 saturated heterocycles. The molecule has 0 radical (unpaired) electrons. The van der Waals surface area contributed by atoms with Gasteiger partial charge in [-0.25, -0.2) is 9.97 Å². The normalized spacial score (nSPS) is 9.18. The van der Waals surface area contributed by atoms with Gasteiger partial charge in [0.25, 0.3) is 0 Å². The standard InChI is InChI=1S/C14H17N3/c1-2-3-4-5-6-7-8-13-11-16-14(9-10-15)17-12-13/h11-12H,2-6,9H2,1H3. The fourth-order valence-corrected chi connectivity index (χ4v) is 1.39. The molecule has 0 aliphatic heterocycles. The molecule has 0 aliphatic rings. The monoisotopic (exact) mass is 227 g/mol. The zero-order valence-corrected chi connectivity index (χ0v) is 10.2. The lowest BCUT2D eigenvalue weighted by molar-refractivity contribution is 0.679. The summed E-state index contributed by atoms with van der Waals surface area (Å²) in [5, 5.41) is 8.48. The predicted octanol–water partition coefficient (Wildman–Crippen LogP) is 2.86. The third-order valence-corrected chi connectivity index (χ3v) is 2.33. The first-order valence-corrected chi connectivity index (χ1v) is 6.03. The first-order chi connectivity index (χ1) is 8.36. The van der Waals surface area contributed by atoms with Gasteiger partial charge in [0.05, 0.1) is 18.1 Å². The van der Waals surface area contributed by atoms with Crippen LogP contribution in [0.5, 0.6) is 0 Å². The average molecular weight is 227 g/mol. The van der Waals surface area contributed by atoms with Crippen molar-refractivity contribution in [1.82, 2.24) is 9.97 Å². The largest absolute Gasteiger partial charge is 0.239 e. The molecule has 0 bridgehead atoms.